The number of ether oxygens (including phenoxy) is 1. The van der Waals surface area contributed by atoms with Gasteiger partial charge in [0.25, 0.3) is 11.5 Å². The fourth-order valence-corrected chi connectivity index (χ4v) is 2.33. The SMILES string of the molecule is COCCn1cc(NC(=O)c2csc(CN)n2)ccc1=O. The van der Waals surface area contributed by atoms with Crippen LogP contribution in [0.4, 0.5) is 5.69 Å². The molecule has 0 saturated carbocycles. The quantitative estimate of drug-likeness (QED) is 0.817. The molecular formula is C13H16N4O3S. The Labute approximate surface area is 125 Å². The van der Waals surface area contributed by atoms with Crippen LogP contribution in [0.1, 0.15) is 15.5 Å². The highest BCUT2D eigenvalue weighted by Crippen LogP contribution is 2.11. The van der Waals surface area contributed by atoms with Gasteiger partial charge in [0.1, 0.15) is 10.7 Å². The number of nitrogens with zero attached hydrogens (tertiary/aromatic N) is 2. The number of hydrogen-bond donors (Lipinski definition) is 2. The maximum atomic E-state index is 12.0. The van der Waals surface area contributed by atoms with Crippen molar-refractivity contribution < 1.29 is 9.53 Å². The Balaban J connectivity index is 2.11. The Hall–Kier alpha value is -2.03. The molecule has 8 heteroatoms. The second-order valence-electron chi connectivity index (χ2n) is 4.23. The lowest BCUT2D eigenvalue weighted by Crippen LogP contribution is -2.22. The zero-order valence-electron chi connectivity index (χ0n) is 11.5. The Kier molecular flexibility index (Phi) is 5.20. The molecule has 1 amide bonds. The van der Waals surface area contributed by atoms with Gasteiger partial charge in [-0.3, -0.25) is 9.59 Å². The second kappa shape index (κ2) is 7.11. The Morgan fingerprint density at radius 3 is 3.00 bits per heavy atom. The van der Waals surface area contributed by atoms with Gasteiger partial charge in [0.15, 0.2) is 0 Å². The summed E-state index contributed by atoms with van der Waals surface area (Å²) >= 11 is 1.34. The van der Waals surface area contributed by atoms with E-state index in [1.807, 2.05) is 0 Å². The number of nitrogens with two attached hydrogens (primary N) is 1. The maximum absolute atomic E-state index is 12.0. The van der Waals surface area contributed by atoms with Crippen molar-refractivity contribution in [3.63, 3.8) is 0 Å². The molecule has 0 aliphatic heterocycles. The zero-order valence-corrected chi connectivity index (χ0v) is 12.4. The predicted octanol–water partition coefficient (Wildman–Crippen LogP) is 0.662. The van der Waals surface area contributed by atoms with Crippen molar-refractivity contribution in [2.45, 2.75) is 13.1 Å². The van der Waals surface area contributed by atoms with E-state index in [0.717, 1.165) is 0 Å². The number of thiazole rings is 1. The van der Waals surface area contributed by atoms with Gasteiger partial charge in [-0.05, 0) is 6.07 Å². The molecule has 0 aromatic carbocycles. The van der Waals surface area contributed by atoms with Crippen molar-refractivity contribution in [1.29, 1.82) is 0 Å². The minimum Gasteiger partial charge on any atom is -0.383 e. The number of methoxy groups -OCH3 is 1. The Bertz CT molecular complexity index is 680. The third-order valence-corrected chi connectivity index (χ3v) is 3.61. The summed E-state index contributed by atoms with van der Waals surface area (Å²) in [6.07, 6.45) is 1.58. The standard InChI is InChI=1S/C13H16N4O3S/c1-20-5-4-17-7-9(2-3-12(17)18)15-13(19)10-8-21-11(6-14)16-10/h2-3,7-8H,4-6,14H2,1H3,(H,15,19). The van der Waals surface area contributed by atoms with E-state index in [1.165, 1.54) is 22.0 Å². The van der Waals surface area contributed by atoms with Crippen molar-refractivity contribution >= 4 is 22.9 Å². The van der Waals surface area contributed by atoms with Crippen LogP contribution >= 0.6 is 11.3 Å². The third-order valence-electron chi connectivity index (χ3n) is 2.74. The van der Waals surface area contributed by atoms with E-state index in [4.69, 9.17) is 10.5 Å². The summed E-state index contributed by atoms with van der Waals surface area (Å²) in [6, 6.07) is 2.96. The summed E-state index contributed by atoms with van der Waals surface area (Å²) in [5.41, 5.74) is 6.16. The molecule has 0 aliphatic rings. The molecule has 0 spiro atoms. The largest absolute Gasteiger partial charge is 0.383 e. The lowest BCUT2D eigenvalue weighted by atomic mass is 10.3. The van der Waals surface area contributed by atoms with Crippen LogP contribution in [-0.2, 0) is 17.8 Å². The molecule has 7 nitrogen and oxygen atoms in total. The molecule has 2 rings (SSSR count). The van der Waals surface area contributed by atoms with E-state index < -0.39 is 0 Å². The first-order valence-corrected chi connectivity index (χ1v) is 7.17. The average molecular weight is 308 g/mol. The van der Waals surface area contributed by atoms with Gasteiger partial charge in [-0.1, -0.05) is 0 Å². The monoisotopic (exact) mass is 308 g/mol. The Morgan fingerprint density at radius 1 is 1.52 bits per heavy atom. The Morgan fingerprint density at radius 2 is 2.33 bits per heavy atom. The van der Waals surface area contributed by atoms with Crippen molar-refractivity contribution in [1.82, 2.24) is 9.55 Å². The molecule has 21 heavy (non-hydrogen) atoms. The van der Waals surface area contributed by atoms with Gasteiger partial charge in [-0.25, -0.2) is 4.98 Å². The van der Waals surface area contributed by atoms with E-state index in [1.54, 1.807) is 24.8 Å². The summed E-state index contributed by atoms with van der Waals surface area (Å²) in [7, 11) is 1.56. The third kappa shape index (κ3) is 3.97. The van der Waals surface area contributed by atoms with Crippen LogP contribution in [0.15, 0.2) is 28.5 Å². The van der Waals surface area contributed by atoms with E-state index in [0.29, 0.717) is 36.1 Å². The predicted molar refractivity (Wildman–Crippen MR) is 80.5 cm³/mol. The summed E-state index contributed by atoms with van der Waals surface area (Å²) < 4.78 is 6.42. The number of rotatable bonds is 6. The smallest absolute Gasteiger partial charge is 0.275 e. The fourth-order valence-electron chi connectivity index (χ4n) is 1.67. The highest BCUT2D eigenvalue weighted by molar-refractivity contribution is 7.09. The maximum Gasteiger partial charge on any atom is 0.275 e. The van der Waals surface area contributed by atoms with Crippen LogP contribution in [0.5, 0.6) is 0 Å². The van der Waals surface area contributed by atoms with E-state index in [9.17, 15) is 9.59 Å². The lowest BCUT2D eigenvalue weighted by Gasteiger charge is -2.08. The molecule has 0 radical (unpaired) electrons. The van der Waals surface area contributed by atoms with Gasteiger partial charge >= 0.3 is 0 Å². The fraction of sp³-hybridized carbons (Fsp3) is 0.308. The van der Waals surface area contributed by atoms with E-state index in [-0.39, 0.29) is 11.5 Å². The minimum atomic E-state index is -0.331. The minimum absolute atomic E-state index is 0.149. The van der Waals surface area contributed by atoms with Crippen molar-refractivity contribution in [2.75, 3.05) is 19.0 Å². The number of amides is 1. The molecule has 0 atom stereocenters. The molecule has 2 aromatic heterocycles. The topological polar surface area (TPSA) is 99.2 Å². The van der Waals surface area contributed by atoms with Gasteiger partial charge in [0.2, 0.25) is 0 Å². The molecule has 0 aliphatic carbocycles. The van der Waals surface area contributed by atoms with Crippen LogP contribution in [0, 0.1) is 0 Å². The summed E-state index contributed by atoms with van der Waals surface area (Å²) in [6.45, 7) is 1.15. The molecule has 2 aromatic rings. The molecule has 0 unspecified atom stereocenters. The van der Waals surface area contributed by atoms with Gasteiger partial charge < -0.3 is 20.4 Å². The summed E-state index contributed by atoms with van der Waals surface area (Å²) in [5, 5.41) is 5.05. The van der Waals surface area contributed by atoms with E-state index in [2.05, 4.69) is 10.3 Å². The normalized spacial score (nSPS) is 10.6. The van der Waals surface area contributed by atoms with Crippen LogP contribution in [0.2, 0.25) is 0 Å². The first-order valence-electron chi connectivity index (χ1n) is 6.29. The van der Waals surface area contributed by atoms with Crippen LogP contribution in [-0.4, -0.2) is 29.2 Å². The van der Waals surface area contributed by atoms with Crippen molar-refractivity contribution in [2.24, 2.45) is 5.73 Å². The number of anilines is 1. The molecule has 3 N–H and O–H groups in total. The molecule has 0 bridgehead atoms. The van der Waals surface area contributed by atoms with E-state index >= 15 is 0 Å². The van der Waals surface area contributed by atoms with Gasteiger partial charge in [0.05, 0.1) is 12.3 Å². The number of pyridine rings is 1. The molecular weight excluding hydrogens is 292 g/mol. The molecule has 0 saturated heterocycles. The second-order valence-corrected chi connectivity index (χ2v) is 5.17. The van der Waals surface area contributed by atoms with Gasteiger partial charge in [-0.15, -0.1) is 11.3 Å². The molecule has 0 fully saturated rings. The van der Waals surface area contributed by atoms with Gasteiger partial charge in [-0.2, -0.15) is 0 Å². The van der Waals surface area contributed by atoms with Crippen molar-refractivity contribution in [3.05, 3.63) is 44.8 Å². The lowest BCUT2D eigenvalue weighted by molar-refractivity contribution is 0.102. The van der Waals surface area contributed by atoms with Crippen LogP contribution in [0.25, 0.3) is 0 Å². The molecule has 2 heterocycles. The van der Waals surface area contributed by atoms with Gasteiger partial charge in [0, 0.05) is 37.8 Å². The van der Waals surface area contributed by atoms with Crippen LogP contribution < -0.4 is 16.6 Å². The number of nitrogens with one attached hydrogen (secondary N) is 1. The average Bonchev–Trinajstić information content (AvgIpc) is 2.97. The zero-order chi connectivity index (χ0) is 15.2. The highest BCUT2D eigenvalue weighted by Gasteiger charge is 2.11. The van der Waals surface area contributed by atoms with Crippen LogP contribution in [0.3, 0.4) is 0 Å². The number of hydrogen-bond acceptors (Lipinski definition) is 6. The van der Waals surface area contributed by atoms with Crippen molar-refractivity contribution in [3.8, 4) is 0 Å². The highest BCUT2D eigenvalue weighted by atomic mass is 32.1. The first-order chi connectivity index (χ1) is 10.1. The summed E-state index contributed by atoms with van der Waals surface area (Å²) in [4.78, 5) is 27.8. The first kappa shape index (κ1) is 15.4. The summed E-state index contributed by atoms with van der Waals surface area (Å²) in [5.74, 6) is -0.331. The molecule has 112 valence electrons. The number of aromatic nitrogens is 2. The number of carbonyl (C=O) groups is 1. The number of carbonyl (C=O) groups excluding carboxylic acids is 1.